The zero-order valence-corrected chi connectivity index (χ0v) is 44.6. The van der Waals surface area contributed by atoms with Crippen LogP contribution in [-0.2, 0) is 9.53 Å². The smallest absolute Gasteiger partial charge is 0.305 e. The summed E-state index contributed by atoms with van der Waals surface area (Å²) in [5, 5.41) is 19.1. The van der Waals surface area contributed by atoms with Crippen molar-refractivity contribution in [3.63, 3.8) is 0 Å². The Morgan fingerprint density at radius 3 is 1.02 bits per heavy atom. The topological polar surface area (TPSA) is 73.2 Å². The van der Waals surface area contributed by atoms with Crippen LogP contribution in [0.3, 0.4) is 0 Å². The highest BCUT2D eigenvalue weighted by Crippen LogP contribution is 2.15. The molecule has 0 aliphatic rings. The maximum absolute atomic E-state index is 12.2. The molecule has 0 heterocycles. The number of unbranched alkanes of at least 4 members (excludes halogenated alkanes) is 34. The monoisotopic (exact) mass is 929 g/mol. The van der Waals surface area contributed by atoms with Crippen LogP contribution in [-0.4, -0.2) is 85.1 Å². The summed E-state index contributed by atoms with van der Waals surface area (Å²) < 4.78 is 5.53. The molecule has 390 valence electrons. The number of rotatable bonds is 56. The molecule has 2 N–H and O–H groups in total. The second-order valence-electron chi connectivity index (χ2n) is 19.9. The lowest BCUT2D eigenvalue weighted by Crippen LogP contribution is -2.29. The predicted octanol–water partition coefficient (Wildman–Crippen LogP) is 17.2. The second kappa shape index (κ2) is 57.8. The highest BCUT2D eigenvalue weighted by molar-refractivity contribution is 5.69. The van der Waals surface area contributed by atoms with Crippen molar-refractivity contribution in [3.8, 4) is 0 Å². The number of hydrogen-bond acceptors (Lipinski definition) is 6. The van der Waals surface area contributed by atoms with Gasteiger partial charge in [-0.05, 0) is 122 Å². The Bertz CT molecular complexity index is 1010. The van der Waals surface area contributed by atoms with Gasteiger partial charge in [-0.15, -0.1) is 0 Å². The fourth-order valence-corrected chi connectivity index (χ4v) is 9.11. The molecule has 0 fully saturated rings. The van der Waals surface area contributed by atoms with E-state index in [1.165, 1.54) is 231 Å². The molecule has 6 nitrogen and oxygen atoms in total. The van der Waals surface area contributed by atoms with Crippen LogP contribution in [0, 0.1) is 0 Å². The zero-order chi connectivity index (χ0) is 47.7. The normalized spacial score (nSPS) is 12.2. The van der Waals surface area contributed by atoms with Gasteiger partial charge in [-0.25, -0.2) is 0 Å². The summed E-state index contributed by atoms with van der Waals surface area (Å²) in [5.74, 6) is -0.0120. The van der Waals surface area contributed by atoms with Crippen molar-refractivity contribution in [2.45, 2.75) is 284 Å². The van der Waals surface area contributed by atoms with E-state index in [4.69, 9.17) is 4.74 Å². The van der Waals surface area contributed by atoms with Gasteiger partial charge in [-0.2, -0.15) is 0 Å². The minimum Gasteiger partial charge on any atom is -0.466 e. The van der Waals surface area contributed by atoms with E-state index in [0.29, 0.717) is 13.0 Å². The minimum absolute atomic E-state index is 0.0120. The maximum Gasteiger partial charge on any atom is 0.305 e. The SMILES string of the molecule is CCCCC/C=C\C/C=C\CCCCCCCCN(CCO)CCCCCCCCCCOC(=O)CCCCCCCCCN(CCO)CCCCCCCC/C=C\CCCCCCCC. The van der Waals surface area contributed by atoms with Gasteiger partial charge in [0.2, 0.25) is 0 Å². The number of esters is 1. The van der Waals surface area contributed by atoms with E-state index in [2.05, 4.69) is 60.1 Å². The highest BCUT2D eigenvalue weighted by Gasteiger charge is 2.07. The molecular weight excluding hydrogens is 813 g/mol. The summed E-state index contributed by atoms with van der Waals surface area (Å²) in [5.41, 5.74) is 0. The lowest BCUT2D eigenvalue weighted by Gasteiger charge is -2.21. The third-order valence-corrected chi connectivity index (χ3v) is 13.5. The molecule has 0 atom stereocenters. The Kier molecular flexibility index (Phi) is 56.6. The Morgan fingerprint density at radius 1 is 0.348 bits per heavy atom. The molecule has 0 saturated heterocycles. The quantitative estimate of drug-likeness (QED) is 0.0360. The Labute approximate surface area is 413 Å². The molecule has 0 amide bonds. The van der Waals surface area contributed by atoms with E-state index in [0.717, 1.165) is 71.4 Å². The average Bonchev–Trinajstić information content (AvgIpc) is 3.32. The summed E-state index contributed by atoms with van der Waals surface area (Å²) in [4.78, 5) is 17.2. The van der Waals surface area contributed by atoms with Gasteiger partial charge in [0.25, 0.3) is 0 Å². The van der Waals surface area contributed by atoms with Crippen molar-refractivity contribution in [2.24, 2.45) is 0 Å². The van der Waals surface area contributed by atoms with Gasteiger partial charge in [-0.1, -0.05) is 217 Å². The number of ether oxygens (including phenoxy) is 1. The molecule has 0 unspecified atom stereocenters. The number of carbonyl (C=O) groups is 1. The Morgan fingerprint density at radius 2 is 0.636 bits per heavy atom. The van der Waals surface area contributed by atoms with Gasteiger partial charge in [0.1, 0.15) is 0 Å². The van der Waals surface area contributed by atoms with E-state index >= 15 is 0 Å². The number of aliphatic hydroxyl groups excluding tert-OH is 2. The Hall–Kier alpha value is -1.47. The molecule has 6 heteroatoms. The largest absolute Gasteiger partial charge is 0.466 e. The fourth-order valence-electron chi connectivity index (χ4n) is 9.11. The second-order valence-corrected chi connectivity index (χ2v) is 19.9. The van der Waals surface area contributed by atoms with Crippen molar-refractivity contribution in [1.82, 2.24) is 9.80 Å². The third-order valence-electron chi connectivity index (χ3n) is 13.5. The summed E-state index contributed by atoms with van der Waals surface area (Å²) in [6, 6.07) is 0. The number of carbonyl (C=O) groups excluding carboxylic acids is 1. The van der Waals surface area contributed by atoms with Gasteiger partial charge in [0.15, 0.2) is 0 Å². The van der Waals surface area contributed by atoms with E-state index in [1.807, 2.05) is 0 Å². The van der Waals surface area contributed by atoms with Crippen LogP contribution in [0.4, 0.5) is 0 Å². The van der Waals surface area contributed by atoms with E-state index < -0.39 is 0 Å². The van der Waals surface area contributed by atoms with Crippen LogP contribution in [0.2, 0.25) is 0 Å². The maximum atomic E-state index is 12.2. The predicted molar refractivity (Wildman–Crippen MR) is 291 cm³/mol. The minimum atomic E-state index is -0.0120. The summed E-state index contributed by atoms with van der Waals surface area (Å²) in [6.45, 7) is 11.8. The lowest BCUT2D eigenvalue weighted by molar-refractivity contribution is -0.143. The van der Waals surface area contributed by atoms with Gasteiger partial charge in [0, 0.05) is 19.5 Å². The highest BCUT2D eigenvalue weighted by atomic mass is 16.5. The number of aliphatic hydroxyl groups is 2. The van der Waals surface area contributed by atoms with Crippen molar-refractivity contribution < 1.29 is 19.7 Å². The van der Waals surface area contributed by atoms with Gasteiger partial charge in [0.05, 0.1) is 19.8 Å². The first-order valence-corrected chi connectivity index (χ1v) is 29.4. The van der Waals surface area contributed by atoms with E-state index in [-0.39, 0.29) is 19.2 Å². The van der Waals surface area contributed by atoms with Crippen LogP contribution in [0.25, 0.3) is 0 Å². The third kappa shape index (κ3) is 53.5. The first-order valence-electron chi connectivity index (χ1n) is 29.4. The van der Waals surface area contributed by atoms with Crippen LogP contribution in [0.5, 0.6) is 0 Å². The summed E-state index contributed by atoms with van der Waals surface area (Å²) in [6.07, 6.45) is 67.1. The molecule has 0 spiro atoms. The average molecular weight is 930 g/mol. The van der Waals surface area contributed by atoms with Gasteiger partial charge < -0.3 is 24.7 Å². The lowest BCUT2D eigenvalue weighted by atomic mass is 10.1. The fraction of sp³-hybridized carbons (Fsp3) is 0.883. The number of allylic oxidation sites excluding steroid dienone is 6. The molecule has 0 rings (SSSR count). The van der Waals surface area contributed by atoms with Gasteiger partial charge in [-0.3, -0.25) is 4.79 Å². The van der Waals surface area contributed by atoms with Crippen LogP contribution in [0.15, 0.2) is 36.5 Å². The van der Waals surface area contributed by atoms with Crippen LogP contribution >= 0.6 is 0 Å². The van der Waals surface area contributed by atoms with E-state index in [1.54, 1.807) is 0 Å². The number of hydrogen-bond donors (Lipinski definition) is 2. The number of nitrogens with zero attached hydrogens (tertiary/aromatic N) is 2. The molecule has 0 aromatic carbocycles. The van der Waals surface area contributed by atoms with Crippen LogP contribution < -0.4 is 0 Å². The van der Waals surface area contributed by atoms with Crippen LogP contribution in [0.1, 0.15) is 284 Å². The Balaban J connectivity index is 3.55. The first-order chi connectivity index (χ1) is 32.7. The molecule has 0 saturated carbocycles. The zero-order valence-electron chi connectivity index (χ0n) is 44.6. The molecule has 0 radical (unpaired) electrons. The molecule has 0 aliphatic carbocycles. The summed E-state index contributed by atoms with van der Waals surface area (Å²) in [7, 11) is 0. The standard InChI is InChI=1S/C60H116N2O4/c1-3-5-7-9-11-13-15-17-19-21-23-25-27-33-39-45-51-61(55-57-63)53-47-41-35-29-30-37-43-49-59-66-60(65)50-44-38-32-31-36-42-48-54-62(56-58-64)52-46-40-34-28-26-24-22-20-18-16-14-12-10-8-6-4-2/h11,13,17-20,63-64H,3-10,12,14-16,21-59H2,1-2H3/b13-11-,19-17-,20-18-. The molecule has 0 aliphatic heterocycles. The molecule has 0 aromatic rings. The van der Waals surface area contributed by atoms with Crippen molar-refractivity contribution in [1.29, 1.82) is 0 Å². The van der Waals surface area contributed by atoms with Crippen molar-refractivity contribution in [3.05, 3.63) is 36.5 Å². The summed E-state index contributed by atoms with van der Waals surface area (Å²) >= 11 is 0. The first kappa shape index (κ1) is 64.5. The van der Waals surface area contributed by atoms with Crippen molar-refractivity contribution in [2.75, 3.05) is 59.1 Å². The molecule has 0 bridgehead atoms. The molecule has 0 aromatic heterocycles. The molecular formula is C60H116N2O4. The van der Waals surface area contributed by atoms with Gasteiger partial charge >= 0.3 is 5.97 Å². The van der Waals surface area contributed by atoms with E-state index in [9.17, 15) is 15.0 Å². The van der Waals surface area contributed by atoms with Crippen molar-refractivity contribution >= 4 is 5.97 Å². The molecule has 66 heavy (non-hydrogen) atoms.